The van der Waals surface area contributed by atoms with E-state index in [1.807, 2.05) is 9.13 Å². The van der Waals surface area contributed by atoms with Crippen LogP contribution in [0.2, 0.25) is 0 Å². The topological polar surface area (TPSA) is 82.4 Å². The number of aromatic carboxylic acids is 2. The van der Waals surface area contributed by atoms with E-state index in [0.29, 0.717) is 0 Å². The highest BCUT2D eigenvalue weighted by Crippen LogP contribution is 1.96. The van der Waals surface area contributed by atoms with Gasteiger partial charge in [-0.2, -0.15) is 0 Å². The molecule has 0 aliphatic heterocycles. The van der Waals surface area contributed by atoms with E-state index in [1.165, 1.54) is 0 Å². The third-order valence-corrected chi connectivity index (χ3v) is 3.11. The summed E-state index contributed by atoms with van der Waals surface area (Å²) in [5, 5.41) is 17.6. The molecule has 6 heteroatoms. The molecular weight excluding hydrogens is 272 g/mol. The van der Waals surface area contributed by atoms with E-state index in [-0.39, 0.29) is 11.1 Å². The maximum Gasteiger partial charge on any atom is 0.336 e. The molecule has 0 fully saturated rings. The van der Waals surface area contributed by atoms with Gasteiger partial charge in [0.2, 0.25) is 0 Å². The van der Waals surface area contributed by atoms with Crippen molar-refractivity contribution in [2.24, 2.45) is 0 Å². The molecule has 108 valence electrons. The summed E-state index contributed by atoms with van der Waals surface area (Å²) in [5.74, 6) is -1.87. The van der Waals surface area contributed by atoms with Gasteiger partial charge in [-0.1, -0.05) is 0 Å². The summed E-state index contributed by atoms with van der Waals surface area (Å²) in [7, 11) is 0. The Kier molecular flexibility index (Phi) is 4.61. The molecule has 0 radical (unpaired) electrons. The van der Waals surface area contributed by atoms with Crippen LogP contribution in [0.1, 0.15) is 27.1 Å². The SMILES string of the molecule is O=C(O)c1cc[n+](CCC[n+]2ccc(C(=O)O)cc2)cc1. The first kappa shape index (κ1) is 14.6. The zero-order chi connectivity index (χ0) is 15.2. The number of hydrogen-bond acceptors (Lipinski definition) is 2. The van der Waals surface area contributed by atoms with Crippen LogP contribution in [0.15, 0.2) is 49.1 Å². The van der Waals surface area contributed by atoms with Crippen molar-refractivity contribution >= 4 is 11.9 Å². The number of hydrogen-bond donors (Lipinski definition) is 2. The van der Waals surface area contributed by atoms with Crippen LogP contribution in [0.4, 0.5) is 0 Å². The summed E-state index contributed by atoms with van der Waals surface area (Å²) >= 11 is 0. The van der Waals surface area contributed by atoms with E-state index in [9.17, 15) is 9.59 Å². The predicted molar refractivity (Wildman–Crippen MR) is 71.8 cm³/mol. The maximum atomic E-state index is 10.7. The van der Waals surface area contributed by atoms with Gasteiger partial charge in [0.15, 0.2) is 37.9 Å². The molecule has 2 aromatic rings. The average molecular weight is 288 g/mol. The molecule has 2 heterocycles. The van der Waals surface area contributed by atoms with E-state index in [0.717, 1.165) is 19.5 Å². The average Bonchev–Trinajstić information content (AvgIpc) is 2.48. The standard InChI is InChI=1S/C15H14N2O4/c18-14(19)12-2-8-16(9-3-12)6-1-7-17-10-4-13(5-11-17)15(20)21/h2-5,8-11H,1,6-7H2/p+2. The lowest BCUT2D eigenvalue weighted by Crippen LogP contribution is -2.38. The number of rotatable bonds is 6. The molecular formula is C15H16N2O4+2. The number of aromatic nitrogens is 2. The molecule has 6 nitrogen and oxygen atoms in total. The molecule has 2 rings (SSSR count). The second kappa shape index (κ2) is 6.60. The summed E-state index contributed by atoms with van der Waals surface area (Å²) in [6.45, 7) is 1.52. The van der Waals surface area contributed by atoms with Crippen LogP contribution >= 0.6 is 0 Å². The minimum atomic E-state index is -0.934. The molecule has 0 atom stereocenters. The van der Waals surface area contributed by atoms with Crippen LogP contribution in [0.3, 0.4) is 0 Å². The third kappa shape index (κ3) is 4.10. The highest BCUT2D eigenvalue weighted by atomic mass is 16.4. The second-order valence-electron chi connectivity index (χ2n) is 4.61. The molecule has 0 aliphatic rings. The normalized spacial score (nSPS) is 10.3. The van der Waals surface area contributed by atoms with Gasteiger partial charge in [-0.25, -0.2) is 18.7 Å². The minimum absolute atomic E-state index is 0.268. The fourth-order valence-electron chi connectivity index (χ4n) is 1.93. The van der Waals surface area contributed by atoms with Gasteiger partial charge in [0.1, 0.15) is 0 Å². The molecule has 0 unspecified atom stereocenters. The first-order chi connectivity index (χ1) is 10.1. The Bertz CT molecular complexity index is 578. The van der Waals surface area contributed by atoms with Crippen molar-refractivity contribution in [3.8, 4) is 0 Å². The molecule has 0 aromatic carbocycles. The Morgan fingerprint density at radius 1 is 0.762 bits per heavy atom. The zero-order valence-electron chi connectivity index (χ0n) is 11.3. The van der Waals surface area contributed by atoms with E-state index < -0.39 is 11.9 Å². The second-order valence-corrected chi connectivity index (χ2v) is 4.61. The quantitative estimate of drug-likeness (QED) is 0.768. The van der Waals surface area contributed by atoms with E-state index in [4.69, 9.17) is 10.2 Å². The molecule has 0 saturated heterocycles. The first-order valence-corrected chi connectivity index (χ1v) is 6.51. The summed E-state index contributed by atoms with van der Waals surface area (Å²) in [6, 6.07) is 6.27. The fraction of sp³-hybridized carbons (Fsp3) is 0.200. The molecule has 0 aliphatic carbocycles. The Hall–Kier alpha value is -2.76. The number of carboxylic acid groups (broad SMARTS) is 2. The van der Waals surface area contributed by atoms with Crippen molar-refractivity contribution < 1.29 is 28.9 Å². The molecule has 0 bridgehead atoms. The van der Waals surface area contributed by atoms with Gasteiger partial charge in [0.05, 0.1) is 17.5 Å². The highest BCUT2D eigenvalue weighted by molar-refractivity contribution is 5.87. The molecule has 0 amide bonds. The lowest BCUT2D eigenvalue weighted by atomic mass is 10.2. The lowest BCUT2D eigenvalue weighted by molar-refractivity contribution is -0.726. The van der Waals surface area contributed by atoms with Crippen LogP contribution in [-0.4, -0.2) is 22.2 Å². The van der Waals surface area contributed by atoms with Gasteiger partial charge >= 0.3 is 11.9 Å². The van der Waals surface area contributed by atoms with Gasteiger partial charge in [0.25, 0.3) is 0 Å². The molecule has 0 saturated carbocycles. The van der Waals surface area contributed by atoms with Crippen LogP contribution < -0.4 is 9.13 Å². The molecule has 2 N–H and O–H groups in total. The zero-order valence-corrected chi connectivity index (χ0v) is 11.3. The van der Waals surface area contributed by atoms with Gasteiger partial charge in [0, 0.05) is 24.3 Å². The summed E-state index contributed by atoms with van der Waals surface area (Å²) in [6.07, 6.45) is 7.81. The smallest absolute Gasteiger partial charge is 0.336 e. The predicted octanol–water partition coefficient (Wildman–Crippen LogP) is 0.748. The van der Waals surface area contributed by atoms with Crippen molar-refractivity contribution in [2.45, 2.75) is 19.5 Å². The molecule has 2 aromatic heterocycles. The Labute approximate surface area is 121 Å². The van der Waals surface area contributed by atoms with E-state index in [2.05, 4.69) is 0 Å². The van der Waals surface area contributed by atoms with Gasteiger partial charge in [-0.15, -0.1) is 0 Å². The van der Waals surface area contributed by atoms with Gasteiger partial charge in [-0.3, -0.25) is 0 Å². The summed E-state index contributed by atoms with van der Waals surface area (Å²) in [4.78, 5) is 21.5. The van der Waals surface area contributed by atoms with E-state index in [1.54, 1.807) is 49.1 Å². The van der Waals surface area contributed by atoms with Crippen molar-refractivity contribution in [2.75, 3.05) is 0 Å². The number of carbonyl (C=O) groups is 2. The number of carboxylic acids is 2. The van der Waals surface area contributed by atoms with Crippen LogP contribution in [0.5, 0.6) is 0 Å². The monoisotopic (exact) mass is 288 g/mol. The Morgan fingerprint density at radius 3 is 1.38 bits per heavy atom. The van der Waals surface area contributed by atoms with Crippen molar-refractivity contribution in [3.63, 3.8) is 0 Å². The number of nitrogens with zero attached hydrogens (tertiary/aromatic N) is 2. The van der Waals surface area contributed by atoms with Crippen LogP contribution in [-0.2, 0) is 13.1 Å². The van der Waals surface area contributed by atoms with Gasteiger partial charge < -0.3 is 10.2 Å². The fourth-order valence-corrected chi connectivity index (χ4v) is 1.93. The number of pyridine rings is 2. The Balaban J connectivity index is 1.86. The molecule has 21 heavy (non-hydrogen) atoms. The van der Waals surface area contributed by atoms with Crippen LogP contribution in [0.25, 0.3) is 0 Å². The van der Waals surface area contributed by atoms with Crippen molar-refractivity contribution in [1.29, 1.82) is 0 Å². The largest absolute Gasteiger partial charge is 0.478 e. The minimum Gasteiger partial charge on any atom is -0.478 e. The third-order valence-electron chi connectivity index (χ3n) is 3.11. The summed E-state index contributed by atoms with van der Waals surface area (Å²) < 4.78 is 3.83. The van der Waals surface area contributed by atoms with Crippen molar-refractivity contribution in [3.05, 3.63) is 60.2 Å². The van der Waals surface area contributed by atoms with Gasteiger partial charge in [-0.05, 0) is 0 Å². The van der Waals surface area contributed by atoms with Crippen molar-refractivity contribution in [1.82, 2.24) is 0 Å². The first-order valence-electron chi connectivity index (χ1n) is 6.51. The number of aryl methyl sites for hydroxylation is 2. The maximum absolute atomic E-state index is 10.7. The van der Waals surface area contributed by atoms with E-state index >= 15 is 0 Å². The lowest BCUT2D eigenvalue weighted by Gasteiger charge is -1.98. The Morgan fingerprint density at radius 2 is 1.10 bits per heavy atom. The molecule has 0 spiro atoms. The summed E-state index contributed by atoms with van der Waals surface area (Å²) in [5.41, 5.74) is 0.537. The highest BCUT2D eigenvalue weighted by Gasteiger charge is 2.09. The van der Waals surface area contributed by atoms with Crippen LogP contribution in [0, 0.1) is 0 Å².